The Bertz CT molecular complexity index is 1360. The van der Waals surface area contributed by atoms with E-state index >= 15 is 4.79 Å². The van der Waals surface area contributed by atoms with E-state index in [0.717, 1.165) is 116 Å². The van der Waals surface area contributed by atoms with E-state index in [1.54, 1.807) is 7.11 Å². The van der Waals surface area contributed by atoms with Crippen molar-refractivity contribution >= 4 is 17.7 Å². The van der Waals surface area contributed by atoms with Crippen LogP contribution in [0.4, 0.5) is 0 Å². The van der Waals surface area contributed by atoms with Crippen LogP contribution in [0.3, 0.4) is 0 Å². The van der Waals surface area contributed by atoms with Crippen LogP contribution in [0.1, 0.15) is 143 Å². The van der Waals surface area contributed by atoms with Crippen molar-refractivity contribution in [1.29, 1.82) is 0 Å². The van der Waals surface area contributed by atoms with Crippen molar-refractivity contribution in [2.24, 2.45) is 62.1 Å². The van der Waals surface area contributed by atoms with Crippen LogP contribution < -0.4 is 0 Å². The second-order valence-electron chi connectivity index (χ2n) is 18.5. The first-order valence-electron chi connectivity index (χ1n) is 18.9. The molecule has 0 aliphatic heterocycles. The Morgan fingerprint density at radius 2 is 1.57 bits per heavy atom. The molecular weight excluding hydrogens is 572 g/mol. The molecule has 11 atom stereocenters. The lowest BCUT2D eigenvalue weighted by molar-refractivity contribution is -0.182. The molecule has 0 saturated heterocycles. The summed E-state index contributed by atoms with van der Waals surface area (Å²) in [7, 11) is 1.54. The molecule has 254 valence electrons. The van der Waals surface area contributed by atoms with E-state index in [-0.39, 0.29) is 33.5 Å². The Morgan fingerprint density at radius 1 is 0.870 bits per heavy atom. The van der Waals surface area contributed by atoms with Gasteiger partial charge in [0.15, 0.2) is 0 Å². The Hall–Kier alpha value is -1.91. The number of carboxylic acid groups (broad SMARTS) is 1. The van der Waals surface area contributed by atoms with Crippen molar-refractivity contribution in [3.05, 3.63) is 23.8 Å². The number of hydrogen-bond acceptors (Lipinski definition) is 4. The number of carboxylic acids is 1. The van der Waals surface area contributed by atoms with Gasteiger partial charge in [-0.3, -0.25) is 14.4 Å². The van der Waals surface area contributed by atoms with Gasteiger partial charge in [-0.05, 0) is 157 Å². The molecule has 1 N–H and O–H groups in total. The van der Waals surface area contributed by atoms with Gasteiger partial charge in [0.2, 0.25) is 0 Å². The standard InChI is InChI=1S/C41H60O5/c1-26-11-15-30-36(2,18-8-21-39(30,5)35(45)46-6)29(26)14-12-27-10-7-22-40(24-27)28-13-16-32-37(3)19-9-20-38(4,34(43)44)31(37)17-23-41(32,25-28)33(40)42/h10,28-32H,1,7-9,11-25H2,2-6H3,(H,43,44)/t28-,29-,30+,31+,32+,36+,37-,38-,39+,40+,41-/m1/s1. The van der Waals surface area contributed by atoms with Crippen LogP contribution in [0.2, 0.25) is 0 Å². The highest BCUT2D eigenvalue weighted by Crippen LogP contribution is 2.75. The molecule has 0 aromatic heterocycles. The number of carbonyl (C=O) groups excluding carboxylic acids is 2. The fourth-order valence-corrected chi connectivity index (χ4v) is 14.8. The van der Waals surface area contributed by atoms with Gasteiger partial charge in [-0.15, -0.1) is 0 Å². The average molecular weight is 633 g/mol. The quantitative estimate of drug-likeness (QED) is 0.241. The summed E-state index contributed by atoms with van der Waals surface area (Å²) in [6.45, 7) is 13.6. The van der Waals surface area contributed by atoms with Gasteiger partial charge >= 0.3 is 11.9 Å². The maximum atomic E-state index is 15.1. The predicted molar refractivity (Wildman–Crippen MR) is 180 cm³/mol. The second-order valence-corrected chi connectivity index (χ2v) is 18.5. The molecule has 5 nitrogen and oxygen atoms in total. The van der Waals surface area contributed by atoms with Gasteiger partial charge in [-0.25, -0.2) is 0 Å². The number of carbonyl (C=O) groups is 3. The summed E-state index contributed by atoms with van der Waals surface area (Å²) < 4.78 is 5.37. The predicted octanol–water partition coefficient (Wildman–Crippen LogP) is 9.49. The first kappa shape index (κ1) is 32.6. The maximum absolute atomic E-state index is 15.1. The minimum Gasteiger partial charge on any atom is -0.481 e. The molecule has 0 aromatic carbocycles. The summed E-state index contributed by atoms with van der Waals surface area (Å²) in [6, 6.07) is 0. The lowest BCUT2D eigenvalue weighted by Gasteiger charge is -2.62. The molecule has 2 bridgehead atoms. The molecule has 46 heavy (non-hydrogen) atoms. The number of esters is 1. The average Bonchev–Trinajstić information content (AvgIpc) is 3.17. The zero-order valence-electron chi connectivity index (χ0n) is 29.5. The Labute approximate surface area is 277 Å². The zero-order valence-corrected chi connectivity index (χ0v) is 29.5. The number of ketones is 1. The Balaban J connectivity index is 1.11. The van der Waals surface area contributed by atoms with Gasteiger partial charge < -0.3 is 9.84 Å². The molecule has 0 aromatic rings. The van der Waals surface area contributed by atoms with Gasteiger partial charge in [-0.2, -0.15) is 0 Å². The number of allylic oxidation sites excluding steroid dienone is 3. The molecular formula is C41H60O5. The molecule has 6 fully saturated rings. The second kappa shape index (κ2) is 10.8. The van der Waals surface area contributed by atoms with Crippen LogP contribution in [0.25, 0.3) is 0 Å². The summed E-state index contributed by atoms with van der Waals surface area (Å²) in [6.07, 6.45) is 20.5. The molecule has 7 aliphatic rings. The molecule has 6 saturated carbocycles. The monoisotopic (exact) mass is 632 g/mol. The third-order valence-electron chi connectivity index (χ3n) is 16.9. The smallest absolute Gasteiger partial charge is 0.311 e. The minimum atomic E-state index is -0.670. The van der Waals surface area contributed by atoms with Crippen LogP contribution in [-0.2, 0) is 19.1 Å². The molecule has 5 heteroatoms. The van der Waals surface area contributed by atoms with E-state index in [0.29, 0.717) is 29.5 Å². The van der Waals surface area contributed by atoms with Gasteiger partial charge in [-0.1, -0.05) is 50.5 Å². The molecule has 7 aliphatic carbocycles. The van der Waals surface area contributed by atoms with Gasteiger partial charge in [0.1, 0.15) is 5.78 Å². The van der Waals surface area contributed by atoms with E-state index < -0.39 is 16.8 Å². The molecule has 0 heterocycles. The van der Waals surface area contributed by atoms with E-state index in [4.69, 9.17) is 4.74 Å². The number of rotatable bonds is 5. The minimum absolute atomic E-state index is 0.0427. The number of ether oxygens (including phenoxy) is 1. The molecule has 0 unspecified atom stereocenters. The van der Waals surface area contributed by atoms with Gasteiger partial charge in [0.25, 0.3) is 0 Å². The Morgan fingerprint density at radius 3 is 2.28 bits per heavy atom. The Kier molecular flexibility index (Phi) is 7.66. The lowest BCUT2D eigenvalue weighted by atomic mass is 9.41. The van der Waals surface area contributed by atoms with Crippen molar-refractivity contribution in [2.75, 3.05) is 7.11 Å². The first-order valence-corrected chi connectivity index (χ1v) is 18.9. The highest BCUT2D eigenvalue weighted by Gasteiger charge is 2.72. The summed E-state index contributed by atoms with van der Waals surface area (Å²) >= 11 is 0. The number of Topliss-reactive ketones (excluding diaryl/α,β-unsaturated/α-hetero) is 1. The normalized spacial score (nSPS) is 49.8. The van der Waals surface area contributed by atoms with E-state index in [1.807, 2.05) is 6.92 Å². The maximum Gasteiger partial charge on any atom is 0.311 e. The van der Waals surface area contributed by atoms with Crippen molar-refractivity contribution in [3.8, 4) is 0 Å². The molecule has 7 rings (SSSR count). The third kappa shape index (κ3) is 4.20. The van der Waals surface area contributed by atoms with Gasteiger partial charge in [0, 0.05) is 10.8 Å². The lowest BCUT2D eigenvalue weighted by Crippen LogP contribution is -2.59. The summed E-state index contributed by atoms with van der Waals surface area (Å²) in [5.74, 6) is 1.57. The van der Waals surface area contributed by atoms with Crippen molar-refractivity contribution in [2.45, 2.75) is 143 Å². The topological polar surface area (TPSA) is 80.7 Å². The molecule has 2 spiro atoms. The summed E-state index contributed by atoms with van der Waals surface area (Å²) in [4.78, 5) is 40.8. The summed E-state index contributed by atoms with van der Waals surface area (Å²) in [5, 5.41) is 10.4. The summed E-state index contributed by atoms with van der Waals surface area (Å²) in [5.41, 5.74) is 1.28. The van der Waals surface area contributed by atoms with Crippen LogP contribution in [0.15, 0.2) is 23.8 Å². The van der Waals surface area contributed by atoms with Crippen LogP contribution >= 0.6 is 0 Å². The largest absolute Gasteiger partial charge is 0.481 e. The van der Waals surface area contributed by atoms with Crippen molar-refractivity contribution in [1.82, 2.24) is 0 Å². The highest BCUT2D eigenvalue weighted by atomic mass is 16.5. The number of methoxy groups -OCH3 is 1. The van der Waals surface area contributed by atoms with Crippen molar-refractivity contribution in [3.63, 3.8) is 0 Å². The van der Waals surface area contributed by atoms with Crippen molar-refractivity contribution < 1.29 is 24.2 Å². The van der Waals surface area contributed by atoms with E-state index in [1.165, 1.54) is 11.1 Å². The highest BCUT2D eigenvalue weighted by molar-refractivity contribution is 5.94. The van der Waals surface area contributed by atoms with Crippen LogP contribution in [-0.4, -0.2) is 29.9 Å². The van der Waals surface area contributed by atoms with Crippen LogP contribution in [0, 0.1) is 62.1 Å². The fourth-order valence-electron chi connectivity index (χ4n) is 14.8. The van der Waals surface area contributed by atoms with E-state index in [9.17, 15) is 14.7 Å². The zero-order chi connectivity index (χ0) is 32.9. The molecule has 0 amide bonds. The fraction of sp³-hybridized carbons (Fsp3) is 0.829. The van der Waals surface area contributed by atoms with Gasteiger partial charge in [0.05, 0.1) is 17.9 Å². The number of hydrogen-bond donors (Lipinski definition) is 1. The number of fused-ring (bicyclic) bond motifs is 5. The first-order chi connectivity index (χ1) is 21.7. The third-order valence-corrected chi connectivity index (χ3v) is 16.9. The van der Waals surface area contributed by atoms with E-state index in [2.05, 4.69) is 33.4 Å². The SMILES string of the molecule is C=C1CC[C@H]2[C@@](C)(CCC[C@]2(C)C(=O)OC)[C@@H]1CCC1=CCC[C@@]2(C1)C(=O)[C@@]13CC[C@H]4[C@@](C)(CCC[C@@]4(C)C(=O)O)[C@@H]1CC[C@@H]2C3. The van der Waals surface area contributed by atoms with Crippen LogP contribution in [0.5, 0.6) is 0 Å². The molecule has 0 radical (unpaired) electrons. The number of aliphatic carboxylic acids is 1.